The zero-order valence-corrected chi connectivity index (χ0v) is 15.0. The average Bonchev–Trinajstić information content (AvgIpc) is 2.57. The highest BCUT2D eigenvalue weighted by molar-refractivity contribution is 7.80. The smallest absolute Gasteiger partial charge is 0.271 e. The summed E-state index contributed by atoms with van der Waals surface area (Å²) < 4.78 is 0. The number of thiocarbonyl (C=S) groups is 1. The van der Waals surface area contributed by atoms with Gasteiger partial charge in [-0.1, -0.05) is 42.8 Å². The van der Waals surface area contributed by atoms with Crippen LogP contribution in [-0.2, 0) is 13.0 Å². The number of benzene rings is 2. The Bertz CT molecular complexity index is 750. The molecule has 0 aliphatic rings. The normalized spacial score (nSPS) is 10.3. The number of hydrogen-bond acceptors (Lipinski definition) is 3. The van der Waals surface area contributed by atoms with E-state index in [1.54, 1.807) is 0 Å². The first kappa shape index (κ1) is 18.2. The number of anilines is 1. The lowest BCUT2D eigenvalue weighted by Gasteiger charge is -2.21. The van der Waals surface area contributed by atoms with E-state index in [0.29, 0.717) is 22.4 Å². The van der Waals surface area contributed by atoms with Crippen LogP contribution in [0, 0.1) is 10.1 Å². The highest BCUT2D eigenvalue weighted by atomic mass is 35.5. The fourth-order valence-corrected chi connectivity index (χ4v) is 2.50. The third-order valence-corrected chi connectivity index (χ3v) is 4.34. The summed E-state index contributed by atoms with van der Waals surface area (Å²) in [5.41, 5.74) is 2.79. The number of halogens is 1. The largest absolute Gasteiger partial charge is 0.348 e. The van der Waals surface area contributed by atoms with Gasteiger partial charge in [0.05, 0.1) is 15.6 Å². The van der Waals surface area contributed by atoms with Gasteiger partial charge >= 0.3 is 0 Å². The molecular weight excluding hydrogens is 346 g/mol. The maximum Gasteiger partial charge on any atom is 0.271 e. The van der Waals surface area contributed by atoms with E-state index < -0.39 is 4.92 Å². The van der Waals surface area contributed by atoms with Gasteiger partial charge in [-0.25, -0.2) is 0 Å². The summed E-state index contributed by atoms with van der Waals surface area (Å²) in [6, 6.07) is 12.5. The van der Waals surface area contributed by atoms with E-state index in [4.69, 9.17) is 23.8 Å². The maximum atomic E-state index is 10.9. The minimum atomic E-state index is -0.469. The Kier molecular flexibility index (Phi) is 6.11. The summed E-state index contributed by atoms with van der Waals surface area (Å²) in [5.74, 6) is 0. The Labute approximate surface area is 151 Å². The van der Waals surface area contributed by atoms with Crippen LogP contribution in [0.15, 0.2) is 42.5 Å². The molecule has 0 aromatic heterocycles. The van der Waals surface area contributed by atoms with Crippen LogP contribution in [0.3, 0.4) is 0 Å². The van der Waals surface area contributed by atoms with E-state index in [0.717, 1.165) is 12.0 Å². The number of nitro benzene ring substituents is 1. The Morgan fingerprint density at radius 3 is 2.46 bits per heavy atom. The predicted octanol–water partition coefficient (Wildman–Crippen LogP) is 4.64. The maximum absolute atomic E-state index is 10.9. The van der Waals surface area contributed by atoms with Crippen molar-refractivity contribution < 1.29 is 4.92 Å². The van der Waals surface area contributed by atoms with Crippen molar-refractivity contribution in [2.24, 2.45) is 0 Å². The number of nitrogens with zero attached hydrogens (tertiary/aromatic N) is 2. The molecule has 126 valence electrons. The molecule has 5 nitrogen and oxygen atoms in total. The number of rotatable bonds is 5. The Balaban J connectivity index is 2.05. The van der Waals surface area contributed by atoms with Crippen LogP contribution in [-0.4, -0.2) is 22.0 Å². The van der Waals surface area contributed by atoms with Crippen LogP contribution < -0.4 is 5.32 Å². The van der Waals surface area contributed by atoms with E-state index in [1.807, 2.05) is 11.9 Å². The monoisotopic (exact) mass is 363 g/mol. The van der Waals surface area contributed by atoms with Gasteiger partial charge in [-0.3, -0.25) is 10.1 Å². The molecule has 0 aliphatic carbocycles. The van der Waals surface area contributed by atoms with Crippen molar-refractivity contribution in [2.45, 2.75) is 19.9 Å². The lowest BCUT2D eigenvalue weighted by Crippen LogP contribution is -2.30. The topological polar surface area (TPSA) is 58.4 Å². The SMILES string of the molecule is CCc1ccc(CN(C)C(=S)Nc2cc([N+](=O)[O-])ccc2Cl)cc1. The van der Waals surface area contributed by atoms with Gasteiger partial charge in [-0.15, -0.1) is 0 Å². The third-order valence-electron chi connectivity index (χ3n) is 3.60. The van der Waals surface area contributed by atoms with E-state index in [9.17, 15) is 10.1 Å². The predicted molar refractivity (Wildman–Crippen MR) is 102 cm³/mol. The number of nitro groups is 1. The Morgan fingerprint density at radius 2 is 1.88 bits per heavy atom. The Morgan fingerprint density at radius 1 is 1.25 bits per heavy atom. The number of aryl methyl sites for hydroxylation is 1. The first-order valence-electron chi connectivity index (χ1n) is 7.44. The zero-order chi connectivity index (χ0) is 17.7. The van der Waals surface area contributed by atoms with Crippen molar-refractivity contribution >= 4 is 40.3 Å². The van der Waals surface area contributed by atoms with E-state index in [2.05, 4.69) is 36.5 Å². The highest BCUT2D eigenvalue weighted by Crippen LogP contribution is 2.27. The summed E-state index contributed by atoms with van der Waals surface area (Å²) in [6.45, 7) is 2.74. The standard InChI is InChI=1S/C17H18ClN3O2S/c1-3-12-4-6-13(7-5-12)11-20(2)17(24)19-16-10-14(21(22)23)8-9-15(16)18/h4-10H,3,11H2,1-2H3,(H,19,24). The van der Waals surface area contributed by atoms with Gasteiger partial charge in [0.1, 0.15) is 0 Å². The molecule has 0 heterocycles. The van der Waals surface area contributed by atoms with E-state index in [-0.39, 0.29) is 5.69 Å². The second-order valence-electron chi connectivity index (χ2n) is 5.38. The number of non-ortho nitro benzene ring substituents is 1. The van der Waals surface area contributed by atoms with Gasteiger partial charge in [0.25, 0.3) is 5.69 Å². The van der Waals surface area contributed by atoms with Crippen molar-refractivity contribution in [3.05, 3.63) is 68.7 Å². The molecule has 0 atom stereocenters. The molecular formula is C17H18ClN3O2S. The summed E-state index contributed by atoms with van der Waals surface area (Å²) in [6.07, 6.45) is 1.00. The number of nitrogens with one attached hydrogen (secondary N) is 1. The van der Waals surface area contributed by atoms with E-state index >= 15 is 0 Å². The molecule has 7 heteroatoms. The van der Waals surface area contributed by atoms with Crippen molar-refractivity contribution in [3.63, 3.8) is 0 Å². The van der Waals surface area contributed by atoms with Crippen molar-refractivity contribution in [2.75, 3.05) is 12.4 Å². The highest BCUT2D eigenvalue weighted by Gasteiger charge is 2.12. The third kappa shape index (κ3) is 4.66. The first-order chi connectivity index (χ1) is 11.4. The summed E-state index contributed by atoms with van der Waals surface area (Å²) >= 11 is 11.4. The zero-order valence-electron chi connectivity index (χ0n) is 13.5. The van der Waals surface area contributed by atoms with Crippen LogP contribution in [0.25, 0.3) is 0 Å². The van der Waals surface area contributed by atoms with Crippen LogP contribution in [0.5, 0.6) is 0 Å². The summed E-state index contributed by atoms with van der Waals surface area (Å²) in [5, 5.41) is 14.7. The molecule has 1 N–H and O–H groups in total. The van der Waals surface area contributed by atoms with Crippen LogP contribution in [0.2, 0.25) is 5.02 Å². The van der Waals surface area contributed by atoms with Gasteiger partial charge in [0.2, 0.25) is 0 Å². The molecule has 2 aromatic rings. The minimum Gasteiger partial charge on any atom is -0.348 e. The summed E-state index contributed by atoms with van der Waals surface area (Å²) in [7, 11) is 1.86. The van der Waals surface area contributed by atoms with Crippen LogP contribution in [0.1, 0.15) is 18.1 Å². The molecule has 0 saturated carbocycles. The molecule has 0 aliphatic heterocycles. The molecule has 0 amide bonds. The average molecular weight is 364 g/mol. The molecule has 0 saturated heterocycles. The first-order valence-corrected chi connectivity index (χ1v) is 8.23. The summed E-state index contributed by atoms with van der Waals surface area (Å²) in [4.78, 5) is 12.3. The van der Waals surface area contributed by atoms with Crippen LogP contribution >= 0.6 is 23.8 Å². The van der Waals surface area contributed by atoms with Crippen molar-refractivity contribution in [1.82, 2.24) is 4.90 Å². The van der Waals surface area contributed by atoms with Gasteiger partial charge in [-0.05, 0) is 35.8 Å². The van der Waals surface area contributed by atoms with Crippen molar-refractivity contribution in [1.29, 1.82) is 0 Å². The second kappa shape index (κ2) is 8.08. The minimum absolute atomic E-state index is 0.0393. The lowest BCUT2D eigenvalue weighted by molar-refractivity contribution is -0.384. The molecule has 2 aromatic carbocycles. The molecule has 24 heavy (non-hydrogen) atoms. The molecule has 0 spiro atoms. The van der Waals surface area contributed by atoms with Gasteiger partial charge < -0.3 is 10.2 Å². The Hall–Kier alpha value is -2.18. The van der Waals surface area contributed by atoms with Gasteiger partial charge in [0, 0.05) is 25.7 Å². The second-order valence-corrected chi connectivity index (χ2v) is 6.17. The van der Waals surface area contributed by atoms with Gasteiger partial charge in [-0.2, -0.15) is 0 Å². The molecule has 0 radical (unpaired) electrons. The van der Waals surface area contributed by atoms with Crippen LogP contribution in [0.4, 0.5) is 11.4 Å². The fourth-order valence-electron chi connectivity index (χ4n) is 2.16. The molecule has 2 rings (SSSR count). The van der Waals surface area contributed by atoms with E-state index in [1.165, 1.54) is 23.8 Å². The molecule has 0 bridgehead atoms. The van der Waals surface area contributed by atoms with Crippen molar-refractivity contribution in [3.8, 4) is 0 Å². The molecule has 0 unspecified atom stereocenters. The van der Waals surface area contributed by atoms with Gasteiger partial charge in [0.15, 0.2) is 5.11 Å². The lowest BCUT2D eigenvalue weighted by atomic mass is 10.1. The molecule has 0 fully saturated rings. The number of hydrogen-bond donors (Lipinski definition) is 1. The quantitative estimate of drug-likeness (QED) is 0.476. The fraction of sp³-hybridized carbons (Fsp3) is 0.235.